The lowest BCUT2D eigenvalue weighted by Gasteiger charge is -2.38. The summed E-state index contributed by atoms with van der Waals surface area (Å²) in [5.41, 5.74) is 7.73. The monoisotopic (exact) mass is 263 g/mol. The Hall–Kier alpha value is -1.16. The molecule has 0 radical (unpaired) electrons. The summed E-state index contributed by atoms with van der Waals surface area (Å²) < 4.78 is 0. The number of anilines is 1. The number of aromatic nitrogens is 1. The van der Waals surface area contributed by atoms with Gasteiger partial charge in [-0.2, -0.15) is 0 Å². The lowest BCUT2D eigenvalue weighted by Crippen LogP contribution is -2.42. The van der Waals surface area contributed by atoms with Crippen LogP contribution < -0.4 is 10.6 Å². The molecule has 1 aromatic heterocycles. The normalized spacial score (nSPS) is 24.1. The number of piperidine rings is 1. The van der Waals surface area contributed by atoms with Gasteiger partial charge >= 0.3 is 0 Å². The van der Waals surface area contributed by atoms with Crippen LogP contribution >= 0.6 is 12.2 Å². The van der Waals surface area contributed by atoms with Crippen LogP contribution in [0.5, 0.6) is 0 Å². The highest BCUT2D eigenvalue weighted by Crippen LogP contribution is 2.28. The van der Waals surface area contributed by atoms with Crippen molar-refractivity contribution in [1.82, 2.24) is 4.98 Å². The summed E-state index contributed by atoms with van der Waals surface area (Å²) in [5.74, 6) is 1.66. The van der Waals surface area contributed by atoms with Gasteiger partial charge in [0.25, 0.3) is 0 Å². The number of nitrogens with zero attached hydrogens (tertiary/aromatic N) is 2. The second kappa shape index (κ2) is 5.22. The summed E-state index contributed by atoms with van der Waals surface area (Å²) in [5, 5.41) is 0. The Bertz CT molecular complexity index is 458. The number of hydrogen-bond donors (Lipinski definition) is 1. The molecule has 0 bridgehead atoms. The van der Waals surface area contributed by atoms with Gasteiger partial charge in [0.1, 0.15) is 10.8 Å². The quantitative estimate of drug-likeness (QED) is 0.833. The van der Waals surface area contributed by atoms with E-state index < -0.39 is 0 Å². The molecule has 98 valence electrons. The summed E-state index contributed by atoms with van der Waals surface area (Å²) in [6.45, 7) is 7.58. The van der Waals surface area contributed by atoms with Crippen LogP contribution in [0.2, 0.25) is 0 Å². The van der Waals surface area contributed by atoms with Crippen LogP contribution in [0.25, 0.3) is 0 Å². The van der Waals surface area contributed by atoms with Gasteiger partial charge < -0.3 is 10.6 Å². The van der Waals surface area contributed by atoms with E-state index in [1.807, 2.05) is 19.1 Å². The number of thiocarbonyl (C=S) groups is 1. The Morgan fingerprint density at radius 3 is 2.78 bits per heavy atom. The van der Waals surface area contributed by atoms with Crippen LogP contribution in [0.4, 0.5) is 5.82 Å². The Balaban J connectivity index is 2.41. The first-order valence-corrected chi connectivity index (χ1v) is 6.94. The van der Waals surface area contributed by atoms with Crippen molar-refractivity contribution in [2.75, 3.05) is 11.4 Å². The van der Waals surface area contributed by atoms with Crippen molar-refractivity contribution in [3.8, 4) is 0 Å². The van der Waals surface area contributed by atoms with E-state index in [9.17, 15) is 0 Å². The van der Waals surface area contributed by atoms with Gasteiger partial charge in [-0.15, -0.1) is 0 Å². The number of pyridine rings is 1. The largest absolute Gasteiger partial charge is 0.389 e. The highest BCUT2D eigenvalue weighted by molar-refractivity contribution is 7.80. The molecule has 1 fully saturated rings. The zero-order chi connectivity index (χ0) is 13.3. The highest BCUT2D eigenvalue weighted by Gasteiger charge is 2.26. The van der Waals surface area contributed by atoms with E-state index in [0.717, 1.165) is 23.6 Å². The van der Waals surface area contributed by atoms with E-state index in [0.29, 0.717) is 16.9 Å². The predicted molar refractivity (Wildman–Crippen MR) is 80.1 cm³/mol. The Morgan fingerprint density at radius 1 is 1.39 bits per heavy atom. The topological polar surface area (TPSA) is 42.1 Å². The lowest BCUT2D eigenvalue weighted by atomic mass is 9.94. The molecule has 0 saturated carbocycles. The third-order valence-corrected chi connectivity index (χ3v) is 3.89. The van der Waals surface area contributed by atoms with Crippen LogP contribution in [0.3, 0.4) is 0 Å². The third kappa shape index (κ3) is 2.64. The number of aryl methyl sites for hydroxylation is 1. The van der Waals surface area contributed by atoms with E-state index in [1.165, 1.54) is 12.8 Å². The zero-order valence-electron chi connectivity index (χ0n) is 11.3. The Kier molecular flexibility index (Phi) is 3.85. The van der Waals surface area contributed by atoms with Crippen molar-refractivity contribution in [3.63, 3.8) is 0 Å². The maximum Gasteiger partial charge on any atom is 0.139 e. The second-order valence-corrected chi connectivity index (χ2v) is 5.81. The summed E-state index contributed by atoms with van der Waals surface area (Å²) in [7, 11) is 0. The van der Waals surface area contributed by atoms with Gasteiger partial charge in [0.15, 0.2) is 0 Å². The number of rotatable bonds is 2. The Labute approximate surface area is 114 Å². The number of hydrogen-bond acceptors (Lipinski definition) is 3. The zero-order valence-corrected chi connectivity index (χ0v) is 12.1. The third-order valence-electron chi connectivity index (χ3n) is 3.67. The molecule has 4 heteroatoms. The van der Waals surface area contributed by atoms with Gasteiger partial charge in [0, 0.05) is 18.3 Å². The van der Waals surface area contributed by atoms with Crippen LogP contribution in [0, 0.1) is 12.8 Å². The van der Waals surface area contributed by atoms with Gasteiger partial charge in [0.2, 0.25) is 0 Å². The van der Waals surface area contributed by atoms with Crippen LogP contribution in [0.1, 0.15) is 37.9 Å². The second-order valence-electron chi connectivity index (χ2n) is 5.37. The van der Waals surface area contributed by atoms with Crippen molar-refractivity contribution in [2.24, 2.45) is 11.7 Å². The summed E-state index contributed by atoms with van der Waals surface area (Å²) in [4.78, 5) is 7.45. The van der Waals surface area contributed by atoms with Crippen molar-refractivity contribution < 1.29 is 0 Å². The SMILES string of the molecule is Cc1ccc(C(N)=S)c(N2CC(C)CCC2C)n1. The molecule has 0 spiro atoms. The van der Waals surface area contributed by atoms with E-state index in [-0.39, 0.29) is 0 Å². The molecule has 2 heterocycles. The molecule has 0 aromatic carbocycles. The minimum absolute atomic E-state index is 0.433. The smallest absolute Gasteiger partial charge is 0.139 e. The summed E-state index contributed by atoms with van der Waals surface area (Å²) >= 11 is 5.14. The molecule has 1 aliphatic rings. The molecular weight excluding hydrogens is 242 g/mol. The van der Waals surface area contributed by atoms with Gasteiger partial charge in [0.05, 0.1) is 5.56 Å². The molecule has 2 N–H and O–H groups in total. The first-order valence-electron chi connectivity index (χ1n) is 6.53. The van der Waals surface area contributed by atoms with Gasteiger partial charge in [-0.1, -0.05) is 19.1 Å². The van der Waals surface area contributed by atoms with Crippen LogP contribution in [0.15, 0.2) is 12.1 Å². The van der Waals surface area contributed by atoms with Crippen LogP contribution in [-0.2, 0) is 0 Å². The van der Waals surface area contributed by atoms with Gasteiger partial charge in [-0.3, -0.25) is 0 Å². The van der Waals surface area contributed by atoms with Crippen molar-refractivity contribution in [1.29, 1.82) is 0 Å². The summed E-state index contributed by atoms with van der Waals surface area (Å²) in [6, 6.07) is 4.46. The number of nitrogens with two attached hydrogens (primary N) is 1. The van der Waals surface area contributed by atoms with Crippen LogP contribution in [-0.4, -0.2) is 22.6 Å². The van der Waals surface area contributed by atoms with Gasteiger partial charge in [-0.25, -0.2) is 4.98 Å². The maximum absolute atomic E-state index is 5.82. The van der Waals surface area contributed by atoms with E-state index in [1.54, 1.807) is 0 Å². The standard InChI is InChI=1S/C14H21N3S/c1-9-4-6-11(3)17(8-9)14-12(13(15)18)7-5-10(2)16-14/h5,7,9,11H,4,6,8H2,1-3H3,(H2,15,18). The maximum atomic E-state index is 5.82. The first kappa shape index (κ1) is 13.3. The minimum Gasteiger partial charge on any atom is -0.389 e. The predicted octanol–water partition coefficient (Wildman–Crippen LogP) is 2.65. The fraction of sp³-hybridized carbons (Fsp3) is 0.571. The highest BCUT2D eigenvalue weighted by atomic mass is 32.1. The van der Waals surface area contributed by atoms with Crippen molar-refractivity contribution >= 4 is 23.0 Å². The summed E-state index contributed by atoms with van der Waals surface area (Å²) in [6.07, 6.45) is 2.49. The molecule has 18 heavy (non-hydrogen) atoms. The molecule has 2 rings (SSSR count). The molecule has 2 unspecified atom stereocenters. The first-order chi connectivity index (χ1) is 8.49. The molecule has 1 saturated heterocycles. The fourth-order valence-electron chi connectivity index (χ4n) is 2.54. The lowest BCUT2D eigenvalue weighted by molar-refractivity contribution is 0.388. The molecule has 0 aliphatic carbocycles. The Morgan fingerprint density at radius 2 is 2.11 bits per heavy atom. The average molecular weight is 263 g/mol. The molecule has 2 atom stereocenters. The minimum atomic E-state index is 0.433. The molecule has 1 aliphatic heterocycles. The molecule has 3 nitrogen and oxygen atoms in total. The van der Waals surface area contributed by atoms with Crippen molar-refractivity contribution in [2.45, 2.75) is 39.7 Å². The molecule has 0 amide bonds. The van der Waals surface area contributed by atoms with Gasteiger partial charge in [-0.05, 0) is 44.7 Å². The molecular formula is C14H21N3S. The van der Waals surface area contributed by atoms with Crippen molar-refractivity contribution in [3.05, 3.63) is 23.4 Å². The van der Waals surface area contributed by atoms with E-state index in [4.69, 9.17) is 18.0 Å². The van der Waals surface area contributed by atoms with E-state index >= 15 is 0 Å². The average Bonchev–Trinajstić information content (AvgIpc) is 2.31. The molecule has 1 aromatic rings. The fourth-order valence-corrected chi connectivity index (χ4v) is 2.70. The van der Waals surface area contributed by atoms with E-state index in [2.05, 4.69) is 23.7 Å².